The van der Waals surface area contributed by atoms with Crippen molar-refractivity contribution in [3.05, 3.63) is 29.8 Å². The minimum atomic E-state index is -0.141. The first-order chi connectivity index (χ1) is 10.2. The highest BCUT2D eigenvalue weighted by Gasteiger charge is 2.12. The molecule has 0 saturated carbocycles. The highest BCUT2D eigenvalue weighted by Crippen LogP contribution is 2.11. The summed E-state index contributed by atoms with van der Waals surface area (Å²) in [4.78, 5) is 18.1. The number of hydrogen-bond donors (Lipinski definition) is 2. The number of anilines is 1. The van der Waals surface area contributed by atoms with Crippen LogP contribution in [0.1, 0.15) is 12.5 Å². The predicted octanol–water partition coefficient (Wildman–Crippen LogP) is 1.55. The Bertz CT molecular complexity index is 512. The molecule has 1 aliphatic heterocycles. The fourth-order valence-electron chi connectivity index (χ4n) is 2.11. The summed E-state index contributed by atoms with van der Waals surface area (Å²) in [6.45, 7) is 3.95. The first-order valence-electron chi connectivity index (χ1n) is 7.20. The summed E-state index contributed by atoms with van der Waals surface area (Å²) in [5.74, 6) is 2.45. The first kappa shape index (κ1) is 15.7. The monoisotopic (exact) mass is 306 g/mol. The molecule has 0 atom stereocenters. The number of carbonyl (C=O) groups is 1. The maximum absolute atomic E-state index is 11.9. The van der Waals surface area contributed by atoms with Gasteiger partial charge in [0.15, 0.2) is 5.96 Å². The molecule has 1 amide bonds. The lowest BCUT2D eigenvalue weighted by Gasteiger charge is -2.27. The molecule has 1 heterocycles. The second-order valence-corrected chi connectivity index (χ2v) is 6.10. The van der Waals surface area contributed by atoms with E-state index in [1.54, 1.807) is 0 Å². The molecular formula is C15H22N4OS. The molecule has 1 saturated heterocycles. The van der Waals surface area contributed by atoms with E-state index in [4.69, 9.17) is 5.73 Å². The number of rotatable bonds is 4. The molecule has 0 radical (unpaired) electrons. The molecule has 6 heteroatoms. The summed E-state index contributed by atoms with van der Waals surface area (Å²) in [7, 11) is 0. The maximum atomic E-state index is 11.9. The smallest absolute Gasteiger partial charge is 0.246 e. The van der Waals surface area contributed by atoms with Gasteiger partial charge in [0.05, 0.1) is 0 Å². The minimum Gasteiger partial charge on any atom is -0.370 e. The van der Waals surface area contributed by atoms with Gasteiger partial charge in [-0.3, -0.25) is 4.79 Å². The van der Waals surface area contributed by atoms with Crippen molar-refractivity contribution >= 4 is 29.3 Å². The second-order valence-electron chi connectivity index (χ2n) is 4.88. The van der Waals surface area contributed by atoms with E-state index in [2.05, 4.69) is 17.2 Å². The Kier molecular flexibility index (Phi) is 5.92. The number of benzene rings is 1. The number of hydrogen-bond acceptors (Lipinski definition) is 3. The van der Waals surface area contributed by atoms with Gasteiger partial charge in [0.25, 0.3) is 0 Å². The van der Waals surface area contributed by atoms with Crippen LogP contribution in [0.3, 0.4) is 0 Å². The van der Waals surface area contributed by atoms with E-state index in [9.17, 15) is 4.79 Å². The molecule has 21 heavy (non-hydrogen) atoms. The van der Waals surface area contributed by atoms with Crippen LogP contribution in [0.2, 0.25) is 0 Å². The number of aliphatic imine (C=N–C) groups is 1. The fraction of sp³-hybridized carbons (Fsp3) is 0.467. The molecule has 0 bridgehead atoms. The Morgan fingerprint density at radius 1 is 1.43 bits per heavy atom. The number of amides is 1. The highest BCUT2D eigenvalue weighted by atomic mass is 32.2. The molecule has 0 unspecified atom stereocenters. The third-order valence-corrected chi connectivity index (χ3v) is 4.28. The normalized spacial score (nSPS) is 15.9. The van der Waals surface area contributed by atoms with Gasteiger partial charge in [-0.2, -0.15) is 11.8 Å². The third kappa shape index (κ3) is 4.97. The Hall–Kier alpha value is -1.69. The van der Waals surface area contributed by atoms with E-state index in [0.29, 0.717) is 5.96 Å². The van der Waals surface area contributed by atoms with Crippen molar-refractivity contribution in [1.82, 2.24) is 4.90 Å². The Morgan fingerprint density at radius 3 is 2.90 bits per heavy atom. The van der Waals surface area contributed by atoms with Gasteiger partial charge in [-0.05, 0) is 24.1 Å². The fourth-order valence-corrected chi connectivity index (χ4v) is 3.02. The van der Waals surface area contributed by atoms with E-state index in [1.165, 1.54) is 5.56 Å². The Labute approximate surface area is 130 Å². The molecule has 1 aromatic carbocycles. The van der Waals surface area contributed by atoms with Gasteiger partial charge in [0.2, 0.25) is 5.91 Å². The van der Waals surface area contributed by atoms with E-state index in [0.717, 1.165) is 36.7 Å². The van der Waals surface area contributed by atoms with Crippen molar-refractivity contribution in [2.75, 3.05) is 36.5 Å². The maximum Gasteiger partial charge on any atom is 0.246 e. The zero-order valence-corrected chi connectivity index (χ0v) is 13.2. The quantitative estimate of drug-likeness (QED) is 0.654. The lowest BCUT2D eigenvalue weighted by Crippen LogP contribution is -2.43. The summed E-state index contributed by atoms with van der Waals surface area (Å²) >= 11 is 1.91. The van der Waals surface area contributed by atoms with Crippen molar-refractivity contribution in [2.45, 2.75) is 13.3 Å². The minimum absolute atomic E-state index is 0.0613. The molecule has 1 fully saturated rings. The van der Waals surface area contributed by atoms with Crippen LogP contribution in [0.25, 0.3) is 0 Å². The molecule has 1 aromatic rings. The number of nitrogens with zero attached hydrogens (tertiary/aromatic N) is 2. The highest BCUT2D eigenvalue weighted by molar-refractivity contribution is 7.99. The molecule has 1 aliphatic rings. The Balaban J connectivity index is 1.86. The van der Waals surface area contributed by atoms with Gasteiger partial charge in [-0.25, -0.2) is 4.99 Å². The Morgan fingerprint density at radius 2 is 2.19 bits per heavy atom. The van der Waals surface area contributed by atoms with Gasteiger partial charge < -0.3 is 16.0 Å². The van der Waals surface area contributed by atoms with Crippen LogP contribution in [0.4, 0.5) is 5.69 Å². The van der Waals surface area contributed by atoms with Crippen molar-refractivity contribution < 1.29 is 4.79 Å². The van der Waals surface area contributed by atoms with Gasteiger partial charge in [0.1, 0.15) is 6.54 Å². The molecular weight excluding hydrogens is 284 g/mol. The largest absolute Gasteiger partial charge is 0.370 e. The van der Waals surface area contributed by atoms with Crippen molar-refractivity contribution in [2.24, 2.45) is 10.7 Å². The van der Waals surface area contributed by atoms with E-state index >= 15 is 0 Å². The zero-order valence-electron chi connectivity index (χ0n) is 12.3. The topological polar surface area (TPSA) is 70.7 Å². The summed E-state index contributed by atoms with van der Waals surface area (Å²) < 4.78 is 0. The van der Waals surface area contributed by atoms with E-state index < -0.39 is 0 Å². The number of aryl methyl sites for hydroxylation is 1. The molecule has 3 N–H and O–H groups in total. The van der Waals surface area contributed by atoms with Crippen molar-refractivity contribution in [3.8, 4) is 0 Å². The van der Waals surface area contributed by atoms with Crippen LogP contribution in [0.15, 0.2) is 29.3 Å². The first-order valence-corrected chi connectivity index (χ1v) is 8.36. The zero-order chi connectivity index (χ0) is 15.1. The number of nitrogens with two attached hydrogens (primary N) is 1. The van der Waals surface area contributed by atoms with Crippen LogP contribution in [0.5, 0.6) is 0 Å². The second kappa shape index (κ2) is 7.93. The van der Waals surface area contributed by atoms with Crippen molar-refractivity contribution in [3.63, 3.8) is 0 Å². The summed E-state index contributed by atoms with van der Waals surface area (Å²) in [5.41, 5.74) is 7.93. The summed E-state index contributed by atoms with van der Waals surface area (Å²) in [6, 6.07) is 7.84. The predicted molar refractivity (Wildman–Crippen MR) is 89.8 cm³/mol. The van der Waals surface area contributed by atoms with Crippen LogP contribution in [-0.2, 0) is 11.2 Å². The molecule has 0 aliphatic carbocycles. The summed E-state index contributed by atoms with van der Waals surface area (Å²) in [5, 5.41) is 2.85. The van der Waals surface area contributed by atoms with E-state index in [-0.39, 0.29) is 12.5 Å². The van der Waals surface area contributed by atoms with Gasteiger partial charge in [0, 0.05) is 30.3 Å². The number of nitrogens with one attached hydrogen (secondary N) is 1. The lowest BCUT2D eigenvalue weighted by atomic mass is 10.1. The average Bonchev–Trinajstić information content (AvgIpc) is 2.53. The lowest BCUT2D eigenvalue weighted by molar-refractivity contribution is -0.114. The third-order valence-electron chi connectivity index (χ3n) is 3.34. The molecule has 0 aromatic heterocycles. The standard InChI is InChI=1S/C15H22N4OS/c1-2-12-4-3-5-13(10-12)18-14(20)11-17-15(16)19-6-8-21-9-7-19/h3-5,10H,2,6-9,11H2,1H3,(H2,16,17)(H,18,20). The van der Waals surface area contributed by atoms with Crippen LogP contribution >= 0.6 is 11.8 Å². The van der Waals surface area contributed by atoms with Gasteiger partial charge in [-0.15, -0.1) is 0 Å². The molecule has 2 rings (SSSR count). The molecule has 5 nitrogen and oxygen atoms in total. The van der Waals surface area contributed by atoms with Gasteiger partial charge in [-0.1, -0.05) is 19.1 Å². The van der Waals surface area contributed by atoms with Crippen LogP contribution in [-0.4, -0.2) is 47.9 Å². The van der Waals surface area contributed by atoms with Crippen molar-refractivity contribution in [1.29, 1.82) is 0 Å². The number of thioether (sulfide) groups is 1. The van der Waals surface area contributed by atoms with Gasteiger partial charge >= 0.3 is 0 Å². The number of guanidine groups is 1. The molecule has 0 spiro atoms. The average molecular weight is 306 g/mol. The molecule has 114 valence electrons. The van der Waals surface area contributed by atoms with Crippen LogP contribution < -0.4 is 11.1 Å². The summed E-state index contributed by atoms with van der Waals surface area (Å²) in [6.07, 6.45) is 0.946. The number of carbonyl (C=O) groups excluding carboxylic acids is 1. The van der Waals surface area contributed by atoms with E-state index in [1.807, 2.05) is 40.9 Å². The van der Waals surface area contributed by atoms with Crippen LogP contribution in [0, 0.1) is 0 Å². The SMILES string of the molecule is CCc1cccc(NC(=O)CN=C(N)N2CCSCC2)c1.